The van der Waals surface area contributed by atoms with Crippen LogP contribution in [0.25, 0.3) is 0 Å². The van der Waals surface area contributed by atoms with Crippen LogP contribution < -0.4 is 5.32 Å². The van der Waals surface area contributed by atoms with Gasteiger partial charge in [0.05, 0.1) is 12.6 Å². The molecule has 1 atom stereocenters. The summed E-state index contributed by atoms with van der Waals surface area (Å²) < 4.78 is 10.8. The summed E-state index contributed by atoms with van der Waals surface area (Å²) in [5.74, 6) is -0.374. The molecule has 0 radical (unpaired) electrons. The van der Waals surface area contributed by atoms with E-state index in [2.05, 4.69) is 39.9 Å². The number of hydrogen-bond donors (Lipinski definition) is 1. The van der Waals surface area contributed by atoms with Crippen molar-refractivity contribution >= 4 is 17.6 Å². The molecule has 0 heterocycles. The van der Waals surface area contributed by atoms with Gasteiger partial charge in [-0.05, 0) is 75.3 Å². The lowest BCUT2D eigenvalue weighted by molar-refractivity contribution is -0.146. The first kappa shape index (κ1) is 24.0. The third-order valence-electron chi connectivity index (χ3n) is 5.43. The molecule has 0 fully saturated rings. The second-order valence-electron chi connectivity index (χ2n) is 7.53. The van der Waals surface area contributed by atoms with Crippen LogP contribution in [0.3, 0.4) is 0 Å². The van der Waals surface area contributed by atoms with E-state index in [-0.39, 0.29) is 24.6 Å². The van der Waals surface area contributed by atoms with Crippen molar-refractivity contribution in [2.45, 2.75) is 86.6 Å². The van der Waals surface area contributed by atoms with E-state index in [1.54, 1.807) is 0 Å². The Balaban J connectivity index is 2.92. The van der Waals surface area contributed by atoms with Crippen LogP contribution >= 0.6 is 0 Å². The van der Waals surface area contributed by atoms with Gasteiger partial charge in [-0.1, -0.05) is 13.8 Å². The van der Waals surface area contributed by atoms with Crippen LogP contribution in [0.15, 0.2) is 0 Å². The molecule has 28 heavy (non-hydrogen) atoms. The van der Waals surface area contributed by atoms with Gasteiger partial charge in [-0.3, -0.25) is 9.59 Å². The first-order valence-electron chi connectivity index (χ1n) is 10.4. The maximum absolute atomic E-state index is 11.8. The Bertz CT molecular complexity index is 653. The minimum Gasteiger partial charge on any atom is -0.466 e. The molecular weight excluding hydrogens is 354 g/mol. The highest BCUT2D eigenvalue weighted by Gasteiger charge is 2.18. The summed E-state index contributed by atoms with van der Waals surface area (Å²) in [4.78, 5) is 23.5. The smallest absolute Gasteiger partial charge is 0.305 e. The van der Waals surface area contributed by atoms with Gasteiger partial charge in [0.25, 0.3) is 0 Å². The number of carbonyl (C=O) groups excluding carboxylic acids is 2. The van der Waals surface area contributed by atoms with Crippen molar-refractivity contribution in [3.8, 4) is 0 Å². The van der Waals surface area contributed by atoms with E-state index in [4.69, 9.17) is 9.47 Å². The number of ether oxygens (including phenoxy) is 2. The Morgan fingerprint density at radius 2 is 1.25 bits per heavy atom. The van der Waals surface area contributed by atoms with Crippen molar-refractivity contribution in [1.82, 2.24) is 0 Å². The van der Waals surface area contributed by atoms with E-state index in [1.807, 2.05) is 13.8 Å². The molecule has 1 rings (SSSR count). The predicted octanol–water partition coefficient (Wildman–Crippen LogP) is 5.09. The molecule has 1 aromatic rings. The number of hydrogen-bond acceptors (Lipinski definition) is 5. The third kappa shape index (κ3) is 6.84. The molecule has 0 aromatic heterocycles. The molecule has 5 nitrogen and oxygen atoms in total. The van der Waals surface area contributed by atoms with Crippen molar-refractivity contribution in [2.75, 3.05) is 18.5 Å². The number of esters is 2. The van der Waals surface area contributed by atoms with Gasteiger partial charge in [0.2, 0.25) is 0 Å². The number of nitrogens with one attached hydrogen (secondary N) is 1. The van der Waals surface area contributed by atoms with Crippen LogP contribution in [0, 0.1) is 34.6 Å². The van der Waals surface area contributed by atoms with Crippen molar-refractivity contribution < 1.29 is 19.1 Å². The molecule has 0 spiro atoms. The average Bonchev–Trinajstić information content (AvgIpc) is 2.66. The molecule has 158 valence electrons. The molecule has 0 aliphatic rings. The second-order valence-corrected chi connectivity index (χ2v) is 7.53. The topological polar surface area (TPSA) is 64.6 Å². The standard InChI is InChI=1S/C23H37NO4/c1-8-10-21(25)27-13-12-20(14-28-22(26)11-9-2)24-23-18(6)16(4)15(3)17(5)19(23)7/h20,24H,8-14H2,1-7H3. The van der Waals surface area contributed by atoms with Crippen LogP contribution in [-0.2, 0) is 19.1 Å². The normalized spacial score (nSPS) is 11.8. The Labute approximate surface area is 170 Å². The molecule has 0 amide bonds. The summed E-state index contributed by atoms with van der Waals surface area (Å²) in [6, 6.07) is -0.117. The molecule has 0 saturated carbocycles. The largest absolute Gasteiger partial charge is 0.466 e. The van der Waals surface area contributed by atoms with E-state index in [9.17, 15) is 9.59 Å². The minimum atomic E-state index is -0.193. The summed E-state index contributed by atoms with van der Waals surface area (Å²) in [6.07, 6.45) is 2.96. The van der Waals surface area contributed by atoms with E-state index in [0.29, 0.717) is 25.9 Å². The van der Waals surface area contributed by atoms with Crippen molar-refractivity contribution in [2.24, 2.45) is 0 Å². The zero-order valence-corrected chi connectivity index (χ0v) is 18.7. The molecular formula is C23H37NO4. The van der Waals surface area contributed by atoms with Crippen LogP contribution in [-0.4, -0.2) is 31.2 Å². The zero-order chi connectivity index (χ0) is 21.3. The maximum atomic E-state index is 11.8. The fourth-order valence-corrected chi connectivity index (χ4v) is 3.18. The van der Waals surface area contributed by atoms with Crippen LogP contribution in [0.5, 0.6) is 0 Å². The molecule has 0 aliphatic carbocycles. The first-order chi connectivity index (χ1) is 13.2. The van der Waals surface area contributed by atoms with Gasteiger partial charge in [-0.15, -0.1) is 0 Å². The molecule has 5 heteroatoms. The number of rotatable bonds is 11. The number of carbonyl (C=O) groups is 2. The Hall–Kier alpha value is -2.04. The van der Waals surface area contributed by atoms with Gasteiger partial charge in [0.1, 0.15) is 6.61 Å². The average molecular weight is 392 g/mol. The highest BCUT2D eigenvalue weighted by atomic mass is 16.5. The van der Waals surface area contributed by atoms with E-state index < -0.39 is 0 Å². The maximum Gasteiger partial charge on any atom is 0.305 e. The van der Waals surface area contributed by atoms with E-state index in [0.717, 1.165) is 18.5 Å². The van der Waals surface area contributed by atoms with Gasteiger partial charge in [0, 0.05) is 24.9 Å². The quantitative estimate of drug-likeness (QED) is 0.533. The first-order valence-corrected chi connectivity index (χ1v) is 10.4. The van der Waals surface area contributed by atoms with Crippen molar-refractivity contribution in [3.05, 3.63) is 27.8 Å². The summed E-state index contributed by atoms with van der Waals surface area (Å²) in [7, 11) is 0. The lowest BCUT2D eigenvalue weighted by Crippen LogP contribution is -2.30. The fraction of sp³-hybridized carbons (Fsp3) is 0.652. The van der Waals surface area contributed by atoms with Crippen molar-refractivity contribution in [1.29, 1.82) is 0 Å². The summed E-state index contributed by atoms with van der Waals surface area (Å²) >= 11 is 0. The van der Waals surface area contributed by atoms with Crippen LogP contribution in [0.4, 0.5) is 5.69 Å². The fourth-order valence-electron chi connectivity index (χ4n) is 3.18. The molecule has 1 aromatic carbocycles. The molecule has 0 saturated heterocycles. The molecule has 0 bridgehead atoms. The monoisotopic (exact) mass is 391 g/mol. The Morgan fingerprint density at radius 1 is 0.786 bits per heavy atom. The van der Waals surface area contributed by atoms with E-state index in [1.165, 1.54) is 27.8 Å². The molecule has 0 aliphatic heterocycles. The Kier molecular flexibility index (Phi) is 10.0. The lowest BCUT2D eigenvalue weighted by Gasteiger charge is -2.25. The van der Waals surface area contributed by atoms with Gasteiger partial charge in [-0.25, -0.2) is 0 Å². The summed E-state index contributed by atoms with van der Waals surface area (Å²) in [5.41, 5.74) is 7.32. The predicted molar refractivity (Wildman–Crippen MR) is 114 cm³/mol. The highest BCUT2D eigenvalue weighted by Crippen LogP contribution is 2.31. The molecule has 1 unspecified atom stereocenters. The van der Waals surface area contributed by atoms with Gasteiger partial charge < -0.3 is 14.8 Å². The second kappa shape index (κ2) is 11.7. The highest BCUT2D eigenvalue weighted by molar-refractivity contribution is 5.70. The summed E-state index contributed by atoms with van der Waals surface area (Å²) in [5, 5.41) is 3.56. The van der Waals surface area contributed by atoms with Gasteiger partial charge in [0.15, 0.2) is 0 Å². The number of anilines is 1. The molecule has 1 N–H and O–H groups in total. The van der Waals surface area contributed by atoms with Crippen LogP contribution in [0.1, 0.15) is 73.8 Å². The van der Waals surface area contributed by atoms with Crippen LogP contribution in [0.2, 0.25) is 0 Å². The van der Waals surface area contributed by atoms with Gasteiger partial charge >= 0.3 is 11.9 Å². The number of benzene rings is 1. The summed E-state index contributed by atoms with van der Waals surface area (Å²) in [6.45, 7) is 15.1. The Morgan fingerprint density at radius 3 is 1.75 bits per heavy atom. The van der Waals surface area contributed by atoms with Gasteiger partial charge in [-0.2, -0.15) is 0 Å². The zero-order valence-electron chi connectivity index (χ0n) is 18.7. The SMILES string of the molecule is CCCC(=O)OCCC(COC(=O)CCC)Nc1c(C)c(C)c(C)c(C)c1C. The third-order valence-corrected chi connectivity index (χ3v) is 5.43. The lowest BCUT2D eigenvalue weighted by atomic mass is 9.92. The van der Waals surface area contributed by atoms with E-state index >= 15 is 0 Å². The minimum absolute atomic E-state index is 0.117. The van der Waals surface area contributed by atoms with Crippen molar-refractivity contribution in [3.63, 3.8) is 0 Å².